The lowest BCUT2D eigenvalue weighted by molar-refractivity contribution is 0.0526. The molecule has 0 amide bonds. The number of hydrogen-bond acceptors (Lipinski definition) is 2. The number of aryl methyl sites for hydroxylation is 1. The second-order valence-electron chi connectivity index (χ2n) is 2.36. The van der Waals surface area contributed by atoms with E-state index in [9.17, 15) is 4.79 Å². The zero-order valence-corrected chi connectivity index (χ0v) is 7.73. The fourth-order valence-corrected chi connectivity index (χ4v) is 1.22. The molecule has 1 heterocycles. The fourth-order valence-electron chi connectivity index (χ4n) is 0.949. The summed E-state index contributed by atoms with van der Waals surface area (Å²) in [6.07, 6.45) is 1.57. The van der Waals surface area contributed by atoms with Crippen LogP contribution in [0.25, 0.3) is 0 Å². The summed E-state index contributed by atoms with van der Waals surface area (Å²) in [5, 5.41) is 0.408. The second-order valence-corrected chi connectivity index (χ2v) is 2.76. The summed E-state index contributed by atoms with van der Waals surface area (Å²) in [4.78, 5) is 14.1. The second kappa shape index (κ2) is 3.63. The average molecular weight is 188 g/mol. The van der Waals surface area contributed by atoms with Crippen LogP contribution in [0.4, 0.5) is 0 Å². The molecule has 0 aromatic carbocycles. The monoisotopic (exact) mass is 187 g/mol. The van der Waals surface area contributed by atoms with Crippen molar-refractivity contribution in [1.29, 1.82) is 0 Å². The summed E-state index contributed by atoms with van der Waals surface area (Å²) < 4.78 is 4.80. The van der Waals surface area contributed by atoms with Crippen LogP contribution in [-0.2, 0) is 4.74 Å². The lowest BCUT2D eigenvalue weighted by Gasteiger charge is -2.00. The van der Waals surface area contributed by atoms with E-state index >= 15 is 0 Å². The third-order valence-electron chi connectivity index (χ3n) is 1.51. The van der Waals surface area contributed by atoms with Crippen molar-refractivity contribution in [2.45, 2.75) is 13.8 Å². The minimum Gasteiger partial charge on any atom is -0.462 e. The normalized spacial score (nSPS) is 9.92. The number of carbonyl (C=O) groups excluding carboxylic acids is 1. The molecule has 1 rings (SSSR count). The Morgan fingerprint density at radius 1 is 1.75 bits per heavy atom. The van der Waals surface area contributed by atoms with E-state index in [1.165, 1.54) is 0 Å². The maximum Gasteiger partial charge on any atom is 0.341 e. The SMILES string of the molecule is CCOC(=O)c1c(Cl)c[nH]c1C. The van der Waals surface area contributed by atoms with Crippen molar-refractivity contribution in [3.63, 3.8) is 0 Å². The predicted octanol–water partition coefficient (Wildman–Crippen LogP) is 2.15. The van der Waals surface area contributed by atoms with Gasteiger partial charge in [-0.3, -0.25) is 0 Å². The van der Waals surface area contributed by atoms with Crippen LogP contribution < -0.4 is 0 Å². The van der Waals surface area contributed by atoms with E-state index in [4.69, 9.17) is 16.3 Å². The lowest BCUT2D eigenvalue weighted by Crippen LogP contribution is -2.05. The number of carbonyl (C=O) groups is 1. The third kappa shape index (κ3) is 1.61. The number of aromatic amines is 1. The van der Waals surface area contributed by atoms with Crippen molar-refractivity contribution in [2.24, 2.45) is 0 Å². The van der Waals surface area contributed by atoms with E-state index in [0.29, 0.717) is 17.2 Å². The van der Waals surface area contributed by atoms with E-state index < -0.39 is 0 Å². The van der Waals surface area contributed by atoms with Gasteiger partial charge in [0.05, 0.1) is 17.2 Å². The van der Waals surface area contributed by atoms with Gasteiger partial charge in [0, 0.05) is 11.9 Å². The van der Waals surface area contributed by atoms with Crippen molar-refractivity contribution >= 4 is 17.6 Å². The number of rotatable bonds is 2. The maximum atomic E-state index is 11.2. The number of nitrogens with one attached hydrogen (secondary N) is 1. The molecule has 0 fully saturated rings. The van der Waals surface area contributed by atoms with Crippen molar-refractivity contribution in [3.05, 3.63) is 22.5 Å². The molecule has 0 spiro atoms. The summed E-state index contributed by atoms with van der Waals surface area (Å²) in [6, 6.07) is 0. The molecule has 0 unspecified atom stereocenters. The van der Waals surface area contributed by atoms with Crippen LogP contribution in [0.1, 0.15) is 23.0 Å². The molecular formula is C8H10ClNO2. The first-order valence-corrected chi connectivity index (χ1v) is 4.05. The standard InChI is InChI=1S/C8H10ClNO2/c1-3-12-8(11)7-5(2)10-4-6(7)9/h4,10H,3H2,1-2H3. The summed E-state index contributed by atoms with van der Waals surface area (Å²) in [7, 11) is 0. The smallest absolute Gasteiger partial charge is 0.341 e. The molecule has 1 aromatic rings. The zero-order valence-electron chi connectivity index (χ0n) is 6.98. The molecule has 0 radical (unpaired) electrons. The molecule has 0 saturated carbocycles. The van der Waals surface area contributed by atoms with Crippen molar-refractivity contribution in [2.75, 3.05) is 6.61 Å². The topological polar surface area (TPSA) is 42.1 Å². The van der Waals surface area contributed by atoms with Gasteiger partial charge >= 0.3 is 5.97 Å². The highest BCUT2D eigenvalue weighted by molar-refractivity contribution is 6.33. The molecule has 0 bridgehead atoms. The Bertz CT molecular complexity index is 274. The van der Waals surface area contributed by atoms with Gasteiger partial charge in [-0.25, -0.2) is 4.79 Å². The van der Waals surface area contributed by atoms with Gasteiger partial charge in [-0.15, -0.1) is 0 Å². The summed E-state index contributed by atoms with van der Waals surface area (Å²) >= 11 is 5.74. The van der Waals surface area contributed by atoms with Crippen LogP contribution in [0.3, 0.4) is 0 Å². The van der Waals surface area contributed by atoms with Crippen LogP contribution >= 0.6 is 11.6 Å². The van der Waals surface area contributed by atoms with Gasteiger partial charge in [0.25, 0.3) is 0 Å². The summed E-state index contributed by atoms with van der Waals surface area (Å²) in [5.41, 5.74) is 1.16. The molecule has 4 heteroatoms. The number of esters is 1. The highest BCUT2D eigenvalue weighted by Gasteiger charge is 2.15. The van der Waals surface area contributed by atoms with E-state index in [0.717, 1.165) is 5.69 Å². The Morgan fingerprint density at radius 3 is 2.83 bits per heavy atom. The first kappa shape index (κ1) is 9.13. The molecule has 1 aromatic heterocycles. The Morgan fingerprint density at radius 2 is 2.42 bits per heavy atom. The average Bonchev–Trinajstić information content (AvgIpc) is 2.32. The third-order valence-corrected chi connectivity index (χ3v) is 1.81. The molecule has 12 heavy (non-hydrogen) atoms. The van der Waals surface area contributed by atoms with E-state index in [-0.39, 0.29) is 5.97 Å². The zero-order chi connectivity index (χ0) is 9.14. The van der Waals surface area contributed by atoms with Crippen LogP contribution in [0, 0.1) is 6.92 Å². The van der Waals surface area contributed by atoms with Crippen LogP contribution in [0.15, 0.2) is 6.20 Å². The molecular weight excluding hydrogens is 178 g/mol. The van der Waals surface area contributed by atoms with Gasteiger partial charge in [0.1, 0.15) is 0 Å². The summed E-state index contributed by atoms with van der Waals surface area (Å²) in [5.74, 6) is -0.374. The molecule has 0 aliphatic rings. The van der Waals surface area contributed by atoms with Gasteiger partial charge < -0.3 is 9.72 Å². The highest BCUT2D eigenvalue weighted by atomic mass is 35.5. The quantitative estimate of drug-likeness (QED) is 0.721. The highest BCUT2D eigenvalue weighted by Crippen LogP contribution is 2.19. The van der Waals surface area contributed by atoms with Crippen LogP contribution in [0.5, 0.6) is 0 Å². The van der Waals surface area contributed by atoms with Crippen molar-refractivity contribution in [1.82, 2.24) is 4.98 Å². The number of aromatic nitrogens is 1. The maximum absolute atomic E-state index is 11.2. The number of halogens is 1. The van der Waals surface area contributed by atoms with Crippen LogP contribution in [0.2, 0.25) is 5.02 Å². The van der Waals surface area contributed by atoms with E-state index in [1.54, 1.807) is 20.0 Å². The van der Waals surface area contributed by atoms with E-state index in [2.05, 4.69) is 4.98 Å². The van der Waals surface area contributed by atoms with Gasteiger partial charge in [0.2, 0.25) is 0 Å². The Labute approximate surface area is 75.7 Å². The lowest BCUT2D eigenvalue weighted by atomic mass is 10.2. The van der Waals surface area contributed by atoms with Gasteiger partial charge in [0.15, 0.2) is 0 Å². The fraction of sp³-hybridized carbons (Fsp3) is 0.375. The minimum atomic E-state index is -0.374. The molecule has 0 aliphatic heterocycles. The van der Waals surface area contributed by atoms with Crippen LogP contribution in [-0.4, -0.2) is 17.6 Å². The molecule has 0 aliphatic carbocycles. The van der Waals surface area contributed by atoms with Crippen molar-refractivity contribution in [3.8, 4) is 0 Å². The molecule has 0 saturated heterocycles. The number of hydrogen-bond donors (Lipinski definition) is 1. The van der Waals surface area contributed by atoms with Crippen molar-refractivity contribution < 1.29 is 9.53 Å². The molecule has 0 atom stereocenters. The largest absolute Gasteiger partial charge is 0.462 e. The minimum absolute atomic E-state index is 0.361. The predicted molar refractivity (Wildman–Crippen MR) is 46.5 cm³/mol. The Kier molecular flexibility index (Phi) is 2.76. The van der Waals surface area contributed by atoms with Gasteiger partial charge in [-0.1, -0.05) is 11.6 Å². The summed E-state index contributed by atoms with van der Waals surface area (Å²) in [6.45, 7) is 3.89. The Balaban J connectivity index is 2.93. The Hall–Kier alpha value is -0.960. The van der Waals surface area contributed by atoms with Gasteiger partial charge in [-0.2, -0.15) is 0 Å². The van der Waals surface area contributed by atoms with Gasteiger partial charge in [-0.05, 0) is 13.8 Å². The number of H-pyrrole nitrogens is 1. The first-order valence-electron chi connectivity index (χ1n) is 3.67. The molecule has 3 nitrogen and oxygen atoms in total. The first-order chi connectivity index (χ1) is 5.66. The number of ether oxygens (including phenoxy) is 1. The molecule has 1 N–H and O–H groups in total. The van der Waals surface area contributed by atoms with E-state index in [1.807, 2.05) is 0 Å². The molecule has 66 valence electrons.